The van der Waals surface area contributed by atoms with Crippen LogP contribution in [0.25, 0.3) is 11.1 Å². The summed E-state index contributed by atoms with van der Waals surface area (Å²) < 4.78 is 41.0. The molecule has 0 spiro atoms. The third-order valence-electron chi connectivity index (χ3n) is 7.02. The fourth-order valence-electron chi connectivity index (χ4n) is 4.93. The second kappa shape index (κ2) is 11.7. The van der Waals surface area contributed by atoms with E-state index in [-0.39, 0.29) is 28.0 Å². The first-order chi connectivity index (χ1) is 20.3. The summed E-state index contributed by atoms with van der Waals surface area (Å²) in [4.78, 5) is 20.0. The van der Waals surface area contributed by atoms with E-state index in [1.165, 1.54) is 42.5 Å². The average Bonchev–Trinajstić information content (AvgIpc) is 3.44. The van der Waals surface area contributed by atoms with Crippen LogP contribution in [0.4, 0.5) is 5.69 Å². The molecule has 214 valence electrons. The molecule has 1 aliphatic heterocycles. The van der Waals surface area contributed by atoms with Crippen LogP contribution in [-0.4, -0.2) is 37.3 Å². The van der Waals surface area contributed by atoms with Gasteiger partial charge in [0.2, 0.25) is 0 Å². The van der Waals surface area contributed by atoms with Gasteiger partial charge in [-0.1, -0.05) is 47.5 Å². The zero-order chi connectivity index (χ0) is 29.3. The minimum atomic E-state index is -4.05. The maximum atomic E-state index is 13.7. The zero-order valence-electron chi connectivity index (χ0n) is 22.2. The number of likely N-dealkylation sites (tertiary alicyclic amines) is 1. The van der Waals surface area contributed by atoms with E-state index in [0.29, 0.717) is 46.1 Å². The van der Waals surface area contributed by atoms with E-state index in [2.05, 4.69) is 9.71 Å². The number of aromatic nitrogens is 1. The van der Waals surface area contributed by atoms with Crippen molar-refractivity contribution in [3.63, 3.8) is 0 Å². The van der Waals surface area contributed by atoms with Gasteiger partial charge in [0.15, 0.2) is 11.5 Å². The van der Waals surface area contributed by atoms with Crippen molar-refractivity contribution in [2.24, 2.45) is 0 Å². The smallest absolute Gasteiger partial charge is 0.261 e. The average molecular weight is 623 g/mol. The molecular weight excluding hydrogens is 597 g/mol. The number of hydrogen-bond acceptors (Lipinski definition) is 6. The maximum Gasteiger partial charge on any atom is 0.261 e. The molecule has 0 unspecified atom stereocenters. The summed E-state index contributed by atoms with van der Waals surface area (Å²) in [6, 6.07) is 24.9. The summed E-state index contributed by atoms with van der Waals surface area (Å²) in [5.41, 5.74) is 1.75. The van der Waals surface area contributed by atoms with Crippen LogP contribution in [0.15, 0.2) is 100 Å². The van der Waals surface area contributed by atoms with Crippen molar-refractivity contribution in [3.8, 4) is 11.5 Å². The Morgan fingerprint density at radius 2 is 1.74 bits per heavy atom. The fourth-order valence-corrected chi connectivity index (χ4v) is 6.35. The van der Waals surface area contributed by atoms with Crippen LogP contribution in [0.5, 0.6) is 11.5 Å². The number of nitrogens with zero attached hydrogens (tertiary/aromatic N) is 2. The monoisotopic (exact) mass is 621 g/mol. The van der Waals surface area contributed by atoms with Crippen LogP contribution in [0.1, 0.15) is 35.0 Å². The predicted octanol–water partition coefficient (Wildman–Crippen LogP) is 7.75. The highest BCUT2D eigenvalue weighted by molar-refractivity contribution is 7.92. The van der Waals surface area contributed by atoms with Crippen LogP contribution in [0.3, 0.4) is 0 Å². The van der Waals surface area contributed by atoms with E-state index in [1.807, 2.05) is 24.3 Å². The van der Waals surface area contributed by atoms with Crippen molar-refractivity contribution in [1.29, 1.82) is 0 Å². The Hall–Kier alpha value is -4.05. The number of carbonyl (C=O) groups is 1. The molecule has 1 saturated heterocycles. The van der Waals surface area contributed by atoms with Crippen molar-refractivity contribution in [1.82, 2.24) is 9.88 Å². The molecule has 1 amide bonds. The Bertz CT molecular complexity index is 1840. The molecule has 0 saturated carbocycles. The summed E-state index contributed by atoms with van der Waals surface area (Å²) in [7, 11) is -4.05. The number of sulfonamides is 1. The SMILES string of the molecule is O=C(c1cc(Cl)ccc1NS(=O)(=O)c1ccc(Oc2ccccc2Cl)cc1)N1CCC[C@H](c2nc3ccccc3o2)C1. The number of hydrogen-bond donors (Lipinski definition) is 1. The highest BCUT2D eigenvalue weighted by Crippen LogP contribution is 2.33. The number of fused-ring (bicyclic) bond motifs is 1. The Balaban J connectivity index is 1.20. The molecule has 6 rings (SSSR count). The van der Waals surface area contributed by atoms with Gasteiger partial charge in [-0.2, -0.15) is 0 Å². The summed E-state index contributed by atoms with van der Waals surface area (Å²) in [6.45, 7) is 0.901. The molecule has 0 bridgehead atoms. The Morgan fingerprint density at radius 3 is 2.52 bits per heavy atom. The number of anilines is 1. The standard InChI is InChI=1S/C31H25Cl2N3O5S/c32-21-11-16-26(35-42(38,39)23-14-12-22(13-15-23)40-28-9-3-1-7-25(28)33)24(18-21)31(37)36-17-5-6-20(19-36)30-34-27-8-2-4-10-29(27)41-30/h1-4,7-16,18,20,35H,5-6,17,19H2/t20-/m0/s1. The number of nitrogens with one attached hydrogen (secondary N) is 1. The number of rotatable bonds is 7. The van der Waals surface area contributed by atoms with Gasteiger partial charge in [0.25, 0.3) is 15.9 Å². The van der Waals surface area contributed by atoms with Crippen LogP contribution >= 0.6 is 23.2 Å². The van der Waals surface area contributed by atoms with Gasteiger partial charge < -0.3 is 14.1 Å². The van der Waals surface area contributed by atoms with Crippen LogP contribution in [0, 0.1) is 0 Å². The van der Waals surface area contributed by atoms with Gasteiger partial charge >= 0.3 is 0 Å². The number of para-hydroxylation sites is 3. The largest absolute Gasteiger partial charge is 0.456 e. The zero-order valence-corrected chi connectivity index (χ0v) is 24.5. The number of oxazole rings is 1. The molecule has 1 aromatic heterocycles. The van der Waals surface area contributed by atoms with E-state index >= 15 is 0 Å². The van der Waals surface area contributed by atoms with Gasteiger partial charge in [0.05, 0.1) is 27.1 Å². The Kier molecular flexibility index (Phi) is 7.81. The molecule has 5 aromatic rings. The molecule has 1 fully saturated rings. The maximum absolute atomic E-state index is 13.7. The lowest BCUT2D eigenvalue weighted by molar-refractivity contribution is 0.0700. The third kappa shape index (κ3) is 5.94. The van der Waals surface area contributed by atoms with E-state index in [0.717, 1.165) is 18.4 Å². The number of halogens is 2. The third-order valence-corrected chi connectivity index (χ3v) is 8.95. The molecule has 4 aromatic carbocycles. The summed E-state index contributed by atoms with van der Waals surface area (Å²) >= 11 is 12.4. The highest BCUT2D eigenvalue weighted by Gasteiger charge is 2.30. The number of amides is 1. The molecule has 42 heavy (non-hydrogen) atoms. The number of carbonyl (C=O) groups excluding carboxylic acids is 1. The first kappa shape index (κ1) is 28.1. The molecule has 1 atom stereocenters. The Labute approximate surface area is 252 Å². The second-order valence-electron chi connectivity index (χ2n) is 9.91. The Morgan fingerprint density at radius 1 is 0.976 bits per heavy atom. The normalized spacial score (nSPS) is 15.5. The van der Waals surface area contributed by atoms with Gasteiger partial charge in [0, 0.05) is 18.1 Å². The summed E-state index contributed by atoms with van der Waals surface area (Å²) in [6.07, 6.45) is 1.57. The quantitative estimate of drug-likeness (QED) is 0.199. The topological polar surface area (TPSA) is 102 Å². The van der Waals surface area contributed by atoms with Gasteiger partial charge in [0.1, 0.15) is 17.0 Å². The van der Waals surface area contributed by atoms with E-state index in [4.69, 9.17) is 32.4 Å². The van der Waals surface area contributed by atoms with Crippen molar-refractivity contribution < 1.29 is 22.4 Å². The minimum absolute atomic E-state index is 0.00338. The van der Waals surface area contributed by atoms with E-state index in [1.54, 1.807) is 29.2 Å². The van der Waals surface area contributed by atoms with Crippen LogP contribution < -0.4 is 9.46 Å². The minimum Gasteiger partial charge on any atom is -0.456 e. The predicted molar refractivity (Wildman–Crippen MR) is 162 cm³/mol. The second-order valence-corrected chi connectivity index (χ2v) is 12.4. The van der Waals surface area contributed by atoms with Gasteiger partial charge in [-0.15, -0.1) is 0 Å². The van der Waals surface area contributed by atoms with Crippen molar-refractivity contribution in [2.45, 2.75) is 23.7 Å². The lowest BCUT2D eigenvalue weighted by Gasteiger charge is -2.32. The number of ether oxygens (including phenoxy) is 1. The fraction of sp³-hybridized carbons (Fsp3) is 0.161. The molecule has 8 nitrogen and oxygen atoms in total. The molecule has 0 radical (unpaired) electrons. The molecule has 2 heterocycles. The summed E-state index contributed by atoms with van der Waals surface area (Å²) in [5.74, 6) is 1.04. The lowest BCUT2D eigenvalue weighted by atomic mass is 9.97. The van der Waals surface area contributed by atoms with Crippen molar-refractivity contribution in [2.75, 3.05) is 17.8 Å². The molecular formula is C31H25Cl2N3O5S. The number of benzene rings is 4. The number of piperidine rings is 1. The van der Waals surface area contributed by atoms with Gasteiger partial charge in [-0.05, 0) is 79.6 Å². The molecule has 1 N–H and O–H groups in total. The molecule has 11 heteroatoms. The van der Waals surface area contributed by atoms with Crippen LogP contribution in [0.2, 0.25) is 10.0 Å². The van der Waals surface area contributed by atoms with E-state index < -0.39 is 10.0 Å². The summed E-state index contributed by atoms with van der Waals surface area (Å²) in [5, 5.41) is 0.750. The first-order valence-corrected chi connectivity index (χ1v) is 15.5. The van der Waals surface area contributed by atoms with Crippen molar-refractivity contribution in [3.05, 3.63) is 112 Å². The highest BCUT2D eigenvalue weighted by atomic mass is 35.5. The first-order valence-electron chi connectivity index (χ1n) is 13.3. The van der Waals surface area contributed by atoms with Crippen molar-refractivity contribution >= 4 is 55.9 Å². The van der Waals surface area contributed by atoms with Gasteiger partial charge in [-0.3, -0.25) is 9.52 Å². The molecule has 1 aliphatic rings. The molecule has 0 aliphatic carbocycles. The lowest BCUT2D eigenvalue weighted by Crippen LogP contribution is -2.39. The van der Waals surface area contributed by atoms with E-state index in [9.17, 15) is 13.2 Å². The van der Waals surface area contributed by atoms with Crippen LogP contribution in [-0.2, 0) is 10.0 Å². The van der Waals surface area contributed by atoms with Gasteiger partial charge in [-0.25, -0.2) is 13.4 Å².